The lowest BCUT2D eigenvalue weighted by Gasteiger charge is -2.14. The van der Waals surface area contributed by atoms with E-state index < -0.39 is 0 Å². The van der Waals surface area contributed by atoms with Crippen molar-refractivity contribution in [1.29, 1.82) is 0 Å². The van der Waals surface area contributed by atoms with Crippen molar-refractivity contribution in [3.63, 3.8) is 0 Å². The predicted molar refractivity (Wildman–Crippen MR) is 103 cm³/mol. The molecule has 1 aliphatic rings. The summed E-state index contributed by atoms with van der Waals surface area (Å²) >= 11 is 0. The van der Waals surface area contributed by atoms with Crippen LogP contribution < -0.4 is 10.6 Å². The largest absolute Gasteiger partial charge is 0.317 e. The summed E-state index contributed by atoms with van der Waals surface area (Å²) in [5, 5.41) is 13.3. The molecule has 8 nitrogen and oxygen atoms in total. The molecular formula is C16H19Cl2N7O. The van der Waals surface area contributed by atoms with Crippen molar-refractivity contribution in [1.82, 2.24) is 30.0 Å². The minimum atomic E-state index is -0.247. The van der Waals surface area contributed by atoms with Crippen molar-refractivity contribution >= 4 is 36.4 Å². The summed E-state index contributed by atoms with van der Waals surface area (Å²) in [4.78, 5) is 21.3. The van der Waals surface area contributed by atoms with Gasteiger partial charge in [-0.05, 0) is 19.1 Å². The molecule has 4 heterocycles. The molecule has 26 heavy (non-hydrogen) atoms. The van der Waals surface area contributed by atoms with Crippen LogP contribution in [0.3, 0.4) is 0 Å². The zero-order valence-electron chi connectivity index (χ0n) is 14.0. The molecule has 3 N–H and O–H groups in total. The molecule has 0 radical (unpaired) electrons. The van der Waals surface area contributed by atoms with Gasteiger partial charge in [0.2, 0.25) is 0 Å². The number of amides is 1. The maximum absolute atomic E-state index is 12.7. The first-order chi connectivity index (χ1) is 11.7. The Labute approximate surface area is 162 Å². The normalized spacial score (nSPS) is 12.5. The number of aryl methyl sites for hydroxylation is 1. The van der Waals surface area contributed by atoms with E-state index in [1.807, 2.05) is 23.8 Å². The van der Waals surface area contributed by atoms with Crippen LogP contribution >= 0.6 is 24.8 Å². The van der Waals surface area contributed by atoms with Gasteiger partial charge in [0.05, 0.1) is 5.69 Å². The first-order valence-corrected chi connectivity index (χ1v) is 7.77. The van der Waals surface area contributed by atoms with Gasteiger partial charge in [-0.1, -0.05) is 0 Å². The number of anilines is 1. The Morgan fingerprint density at radius 2 is 2.12 bits per heavy atom. The van der Waals surface area contributed by atoms with Crippen LogP contribution in [0.4, 0.5) is 5.69 Å². The van der Waals surface area contributed by atoms with Gasteiger partial charge in [0.15, 0.2) is 11.5 Å². The van der Waals surface area contributed by atoms with Crippen LogP contribution in [0.1, 0.15) is 27.6 Å². The third-order valence-electron chi connectivity index (χ3n) is 4.11. The number of hydrogen-bond acceptors (Lipinski definition) is 5. The molecule has 0 fully saturated rings. The highest BCUT2D eigenvalue weighted by atomic mass is 35.5. The van der Waals surface area contributed by atoms with E-state index in [0.29, 0.717) is 23.7 Å². The van der Waals surface area contributed by atoms with Crippen molar-refractivity contribution < 1.29 is 4.79 Å². The van der Waals surface area contributed by atoms with Gasteiger partial charge in [-0.2, -0.15) is 5.10 Å². The monoisotopic (exact) mass is 395 g/mol. The molecule has 10 heteroatoms. The molecular weight excluding hydrogens is 377 g/mol. The van der Waals surface area contributed by atoms with Crippen LogP contribution in [0.2, 0.25) is 0 Å². The van der Waals surface area contributed by atoms with E-state index in [2.05, 4.69) is 30.8 Å². The van der Waals surface area contributed by atoms with E-state index in [1.54, 1.807) is 18.5 Å². The molecule has 4 rings (SSSR count). The number of nitrogens with one attached hydrogen (secondary N) is 3. The van der Waals surface area contributed by atoms with E-state index in [0.717, 1.165) is 30.0 Å². The molecule has 1 amide bonds. The molecule has 0 atom stereocenters. The maximum Gasteiger partial charge on any atom is 0.276 e. The van der Waals surface area contributed by atoms with Crippen LogP contribution in [0, 0.1) is 6.92 Å². The standard InChI is InChI=1S/C16H17N7O.2ClH/c1-10-18-7-8-23(10)15-13(3-2-5-19-15)20-16(24)14-11-9-17-6-4-12(11)21-22-14;;/h2-3,5,7-8,17H,4,6,9H2,1H3,(H,20,24)(H,21,22);2*1H. The third kappa shape index (κ3) is 3.57. The molecule has 3 aromatic heterocycles. The summed E-state index contributed by atoms with van der Waals surface area (Å²) < 4.78 is 1.83. The number of aromatic amines is 1. The minimum absolute atomic E-state index is 0. The highest BCUT2D eigenvalue weighted by molar-refractivity contribution is 6.04. The van der Waals surface area contributed by atoms with Crippen LogP contribution in [-0.2, 0) is 13.0 Å². The first-order valence-electron chi connectivity index (χ1n) is 7.77. The number of fused-ring (bicyclic) bond motifs is 1. The van der Waals surface area contributed by atoms with Crippen LogP contribution in [0.25, 0.3) is 5.82 Å². The fourth-order valence-corrected chi connectivity index (χ4v) is 2.88. The summed E-state index contributed by atoms with van der Waals surface area (Å²) in [5.41, 5.74) is 3.00. The van der Waals surface area contributed by atoms with Crippen LogP contribution in [0.5, 0.6) is 0 Å². The average Bonchev–Trinajstić information content (AvgIpc) is 3.21. The molecule has 0 saturated heterocycles. The lowest BCUT2D eigenvalue weighted by Crippen LogP contribution is -2.25. The van der Waals surface area contributed by atoms with Gasteiger partial charge in [0.1, 0.15) is 5.82 Å². The van der Waals surface area contributed by atoms with E-state index in [9.17, 15) is 4.79 Å². The summed E-state index contributed by atoms with van der Waals surface area (Å²) in [6, 6.07) is 3.60. The number of nitrogens with zero attached hydrogens (tertiary/aromatic N) is 4. The third-order valence-corrected chi connectivity index (χ3v) is 4.11. The second kappa shape index (κ2) is 8.31. The average molecular weight is 396 g/mol. The minimum Gasteiger partial charge on any atom is -0.317 e. The van der Waals surface area contributed by atoms with Crippen molar-refractivity contribution in [3.05, 3.63) is 53.5 Å². The van der Waals surface area contributed by atoms with E-state index >= 15 is 0 Å². The fourth-order valence-electron chi connectivity index (χ4n) is 2.88. The maximum atomic E-state index is 12.7. The number of pyridine rings is 1. The Morgan fingerprint density at radius 3 is 2.88 bits per heavy atom. The number of rotatable bonds is 3. The van der Waals surface area contributed by atoms with Crippen LogP contribution in [-0.4, -0.2) is 37.2 Å². The predicted octanol–water partition coefficient (Wildman–Crippen LogP) is 2.04. The smallest absolute Gasteiger partial charge is 0.276 e. The molecule has 138 valence electrons. The Hall–Kier alpha value is -2.42. The lowest BCUT2D eigenvalue weighted by molar-refractivity contribution is 0.102. The number of aromatic nitrogens is 5. The SMILES string of the molecule is Cc1nccn1-c1ncccc1NC(=O)c1n[nH]c2c1CNCC2.Cl.Cl. The van der Waals surface area contributed by atoms with E-state index in [4.69, 9.17) is 0 Å². The molecule has 3 aromatic rings. The number of H-pyrrole nitrogens is 1. The Morgan fingerprint density at radius 1 is 1.27 bits per heavy atom. The highest BCUT2D eigenvalue weighted by Gasteiger charge is 2.22. The Balaban J connectivity index is 0.00000121. The number of carbonyl (C=O) groups is 1. The highest BCUT2D eigenvalue weighted by Crippen LogP contribution is 2.21. The van der Waals surface area contributed by atoms with Crippen molar-refractivity contribution in [2.24, 2.45) is 0 Å². The van der Waals surface area contributed by atoms with Gasteiger partial charge >= 0.3 is 0 Å². The molecule has 0 bridgehead atoms. The fraction of sp³-hybridized carbons (Fsp3) is 0.250. The molecule has 0 spiro atoms. The van der Waals surface area contributed by atoms with Gasteiger partial charge in [-0.3, -0.25) is 14.5 Å². The van der Waals surface area contributed by atoms with E-state index in [-0.39, 0.29) is 30.7 Å². The topological polar surface area (TPSA) is 101 Å². The van der Waals surface area contributed by atoms with Gasteiger partial charge in [-0.25, -0.2) is 9.97 Å². The van der Waals surface area contributed by atoms with Crippen LogP contribution in [0.15, 0.2) is 30.7 Å². The second-order valence-corrected chi connectivity index (χ2v) is 5.63. The molecule has 0 aromatic carbocycles. The van der Waals surface area contributed by atoms with Gasteiger partial charge < -0.3 is 10.6 Å². The van der Waals surface area contributed by atoms with Crippen molar-refractivity contribution in [2.45, 2.75) is 19.9 Å². The number of halogens is 2. The Bertz CT molecular complexity index is 906. The van der Waals surface area contributed by atoms with Crippen molar-refractivity contribution in [2.75, 3.05) is 11.9 Å². The lowest BCUT2D eigenvalue weighted by atomic mass is 10.1. The van der Waals surface area contributed by atoms with E-state index in [1.165, 1.54) is 0 Å². The molecule has 0 aliphatic carbocycles. The summed E-state index contributed by atoms with van der Waals surface area (Å²) in [7, 11) is 0. The first kappa shape index (κ1) is 19.9. The summed E-state index contributed by atoms with van der Waals surface area (Å²) in [6.07, 6.45) is 6.05. The zero-order valence-corrected chi connectivity index (χ0v) is 15.7. The molecule has 0 unspecified atom stereocenters. The quantitative estimate of drug-likeness (QED) is 0.629. The number of hydrogen-bond donors (Lipinski definition) is 3. The Kier molecular flexibility index (Phi) is 6.36. The second-order valence-electron chi connectivity index (χ2n) is 5.63. The number of carbonyl (C=O) groups excluding carboxylic acids is 1. The molecule has 1 aliphatic heterocycles. The molecule has 0 saturated carbocycles. The van der Waals surface area contributed by atoms with Crippen molar-refractivity contribution in [3.8, 4) is 5.82 Å². The summed E-state index contributed by atoms with van der Waals surface area (Å²) in [6.45, 7) is 3.42. The number of imidazole rings is 1. The zero-order chi connectivity index (χ0) is 16.5. The van der Waals surface area contributed by atoms with Gasteiger partial charge in [0, 0.05) is 49.4 Å². The van der Waals surface area contributed by atoms with Gasteiger partial charge in [0.25, 0.3) is 5.91 Å². The van der Waals surface area contributed by atoms with Gasteiger partial charge in [-0.15, -0.1) is 24.8 Å². The summed E-state index contributed by atoms with van der Waals surface area (Å²) in [5.74, 6) is 1.18.